The van der Waals surface area contributed by atoms with Gasteiger partial charge in [-0.25, -0.2) is 4.79 Å². The predicted octanol–water partition coefficient (Wildman–Crippen LogP) is 1.87. The highest BCUT2D eigenvalue weighted by molar-refractivity contribution is 6.00. The zero-order valence-corrected chi connectivity index (χ0v) is 9.83. The van der Waals surface area contributed by atoms with E-state index in [9.17, 15) is 9.59 Å². The van der Waals surface area contributed by atoms with E-state index in [-0.39, 0.29) is 11.9 Å². The van der Waals surface area contributed by atoms with E-state index < -0.39 is 0 Å². The van der Waals surface area contributed by atoms with E-state index in [4.69, 9.17) is 0 Å². The molecular weight excluding hydrogens is 218 g/mol. The number of hydrogen-bond donors (Lipinski definition) is 3. The van der Waals surface area contributed by atoms with Crippen LogP contribution in [0.1, 0.15) is 5.56 Å². The van der Waals surface area contributed by atoms with Crippen LogP contribution < -0.4 is 16.0 Å². The fourth-order valence-corrected chi connectivity index (χ4v) is 1.21. The molecule has 0 fully saturated rings. The first kappa shape index (κ1) is 12.8. The second kappa shape index (κ2) is 5.69. The molecule has 0 saturated heterocycles. The molecule has 5 heteroatoms. The highest BCUT2D eigenvalue weighted by Gasteiger charge is 2.04. The molecule has 0 saturated carbocycles. The van der Waals surface area contributed by atoms with Crippen molar-refractivity contribution in [3.8, 4) is 0 Å². The number of carbonyl (C=O) groups excluding carboxylic acids is 2. The Morgan fingerprint density at radius 3 is 2.59 bits per heavy atom. The number of urea groups is 1. The Morgan fingerprint density at radius 2 is 2.00 bits per heavy atom. The number of amides is 3. The van der Waals surface area contributed by atoms with Crippen molar-refractivity contribution in [1.29, 1.82) is 0 Å². The lowest BCUT2D eigenvalue weighted by atomic mass is 10.2. The van der Waals surface area contributed by atoms with E-state index in [1.54, 1.807) is 12.1 Å². The van der Waals surface area contributed by atoms with E-state index in [0.717, 1.165) is 5.56 Å². The number of benzene rings is 1. The summed E-state index contributed by atoms with van der Waals surface area (Å²) in [4.78, 5) is 22.3. The number of carbonyl (C=O) groups is 2. The molecule has 0 aliphatic heterocycles. The number of aryl methyl sites for hydroxylation is 1. The first-order valence-corrected chi connectivity index (χ1v) is 5.09. The van der Waals surface area contributed by atoms with Crippen LogP contribution in [-0.2, 0) is 4.79 Å². The minimum atomic E-state index is -0.310. The number of hydrogen-bond acceptors (Lipinski definition) is 2. The van der Waals surface area contributed by atoms with Gasteiger partial charge in [0.2, 0.25) is 5.91 Å². The average molecular weight is 233 g/mol. The maximum Gasteiger partial charge on any atom is 0.318 e. The fourth-order valence-electron chi connectivity index (χ4n) is 1.21. The van der Waals surface area contributed by atoms with Gasteiger partial charge in [0.1, 0.15) is 0 Å². The van der Waals surface area contributed by atoms with Gasteiger partial charge < -0.3 is 16.0 Å². The van der Waals surface area contributed by atoms with Crippen LogP contribution in [0.4, 0.5) is 16.2 Å². The van der Waals surface area contributed by atoms with Crippen LogP contribution in [0, 0.1) is 6.92 Å². The Bertz CT molecular complexity index is 455. The number of nitrogens with one attached hydrogen (secondary N) is 3. The van der Waals surface area contributed by atoms with Crippen molar-refractivity contribution in [3.63, 3.8) is 0 Å². The van der Waals surface area contributed by atoms with Crippen molar-refractivity contribution in [2.75, 3.05) is 17.7 Å². The van der Waals surface area contributed by atoms with Crippen LogP contribution >= 0.6 is 0 Å². The van der Waals surface area contributed by atoms with Gasteiger partial charge in [0, 0.05) is 18.4 Å². The summed E-state index contributed by atoms with van der Waals surface area (Å²) < 4.78 is 0. The molecule has 3 amide bonds. The number of anilines is 2. The van der Waals surface area contributed by atoms with Crippen molar-refractivity contribution in [2.45, 2.75) is 6.92 Å². The van der Waals surface area contributed by atoms with Gasteiger partial charge >= 0.3 is 6.03 Å². The van der Waals surface area contributed by atoms with E-state index >= 15 is 0 Å². The van der Waals surface area contributed by atoms with E-state index in [1.807, 2.05) is 13.0 Å². The van der Waals surface area contributed by atoms with Crippen molar-refractivity contribution >= 4 is 23.3 Å². The van der Waals surface area contributed by atoms with Gasteiger partial charge in [-0.2, -0.15) is 0 Å². The molecule has 1 aromatic carbocycles. The molecule has 0 bridgehead atoms. The standard InChI is InChI=1S/C12H15N3O2/c1-4-11(16)15-10-7-9(6-5-8(10)2)14-12(17)13-3/h4-7H,1H2,2-3H3,(H,15,16)(H2,13,14,17). The summed E-state index contributed by atoms with van der Waals surface area (Å²) in [6, 6.07) is 4.94. The zero-order valence-electron chi connectivity index (χ0n) is 9.83. The van der Waals surface area contributed by atoms with Gasteiger partial charge in [-0.3, -0.25) is 4.79 Å². The van der Waals surface area contributed by atoms with E-state index in [1.165, 1.54) is 13.1 Å². The Kier molecular flexibility index (Phi) is 4.28. The van der Waals surface area contributed by atoms with Gasteiger partial charge in [0.25, 0.3) is 0 Å². The summed E-state index contributed by atoms with van der Waals surface area (Å²) in [6.07, 6.45) is 1.19. The third-order valence-electron chi connectivity index (χ3n) is 2.17. The molecular formula is C12H15N3O2. The summed E-state index contributed by atoms with van der Waals surface area (Å²) in [5.74, 6) is -0.287. The minimum Gasteiger partial charge on any atom is -0.341 e. The molecule has 90 valence electrons. The smallest absolute Gasteiger partial charge is 0.318 e. The van der Waals surface area contributed by atoms with Gasteiger partial charge in [0.15, 0.2) is 0 Å². The molecule has 5 nitrogen and oxygen atoms in total. The molecule has 0 aromatic heterocycles. The molecule has 17 heavy (non-hydrogen) atoms. The molecule has 0 aliphatic carbocycles. The van der Waals surface area contributed by atoms with Crippen molar-refractivity contribution in [1.82, 2.24) is 5.32 Å². The first-order valence-electron chi connectivity index (χ1n) is 5.09. The Hall–Kier alpha value is -2.30. The van der Waals surface area contributed by atoms with Crippen LogP contribution in [0.2, 0.25) is 0 Å². The minimum absolute atomic E-state index is 0.287. The quantitative estimate of drug-likeness (QED) is 0.697. The third-order valence-corrected chi connectivity index (χ3v) is 2.17. The van der Waals surface area contributed by atoms with Crippen LogP contribution in [0.25, 0.3) is 0 Å². The molecule has 0 unspecified atom stereocenters. The lowest BCUT2D eigenvalue weighted by molar-refractivity contribution is -0.111. The molecule has 0 spiro atoms. The lowest BCUT2D eigenvalue weighted by Gasteiger charge is -2.10. The van der Waals surface area contributed by atoms with Gasteiger partial charge in [0.05, 0.1) is 0 Å². The second-order valence-corrected chi connectivity index (χ2v) is 3.43. The van der Waals surface area contributed by atoms with E-state index in [2.05, 4.69) is 22.5 Å². The van der Waals surface area contributed by atoms with Gasteiger partial charge in [-0.05, 0) is 30.7 Å². The maximum absolute atomic E-state index is 11.2. The van der Waals surface area contributed by atoms with Crippen molar-refractivity contribution in [3.05, 3.63) is 36.4 Å². The van der Waals surface area contributed by atoms with Crippen LogP contribution in [0.15, 0.2) is 30.9 Å². The first-order chi connectivity index (χ1) is 8.06. The van der Waals surface area contributed by atoms with Crippen molar-refractivity contribution in [2.24, 2.45) is 0 Å². The predicted molar refractivity (Wildman–Crippen MR) is 68.1 cm³/mol. The van der Waals surface area contributed by atoms with Crippen molar-refractivity contribution < 1.29 is 9.59 Å². The average Bonchev–Trinajstić information content (AvgIpc) is 2.33. The van der Waals surface area contributed by atoms with Gasteiger partial charge in [-0.1, -0.05) is 12.6 Å². The topological polar surface area (TPSA) is 70.2 Å². The maximum atomic E-state index is 11.2. The van der Waals surface area contributed by atoms with E-state index in [0.29, 0.717) is 11.4 Å². The largest absolute Gasteiger partial charge is 0.341 e. The molecule has 0 radical (unpaired) electrons. The molecule has 3 N–H and O–H groups in total. The molecule has 1 aromatic rings. The van der Waals surface area contributed by atoms with Crippen LogP contribution in [-0.4, -0.2) is 19.0 Å². The monoisotopic (exact) mass is 233 g/mol. The lowest BCUT2D eigenvalue weighted by Crippen LogP contribution is -2.24. The summed E-state index contributed by atoms with van der Waals surface area (Å²) >= 11 is 0. The molecule has 0 heterocycles. The fraction of sp³-hybridized carbons (Fsp3) is 0.167. The summed E-state index contributed by atoms with van der Waals surface area (Å²) in [5, 5.41) is 7.73. The van der Waals surface area contributed by atoms with Crippen LogP contribution in [0.5, 0.6) is 0 Å². The van der Waals surface area contributed by atoms with Crippen LogP contribution in [0.3, 0.4) is 0 Å². The zero-order chi connectivity index (χ0) is 12.8. The molecule has 0 aliphatic rings. The Balaban J connectivity index is 2.89. The SMILES string of the molecule is C=CC(=O)Nc1cc(NC(=O)NC)ccc1C. The highest BCUT2D eigenvalue weighted by Crippen LogP contribution is 2.20. The Labute approximate surface area is 99.9 Å². The van der Waals surface area contributed by atoms with Gasteiger partial charge in [-0.15, -0.1) is 0 Å². The second-order valence-electron chi connectivity index (χ2n) is 3.43. The molecule has 0 atom stereocenters. The Morgan fingerprint density at radius 1 is 1.29 bits per heavy atom. The number of rotatable bonds is 3. The third kappa shape index (κ3) is 3.64. The molecule has 1 rings (SSSR count). The summed E-state index contributed by atoms with van der Waals surface area (Å²) in [6.45, 7) is 5.24. The summed E-state index contributed by atoms with van der Waals surface area (Å²) in [5.41, 5.74) is 2.15. The normalized spacial score (nSPS) is 9.29. The summed E-state index contributed by atoms with van der Waals surface area (Å²) in [7, 11) is 1.53. The highest BCUT2D eigenvalue weighted by atomic mass is 16.2.